The molecule has 0 saturated carbocycles. The second kappa shape index (κ2) is 7.45. The van der Waals surface area contributed by atoms with Crippen LogP contribution in [-0.4, -0.2) is 44.1 Å². The van der Waals surface area contributed by atoms with Crippen LogP contribution in [0.2, 0.25) is 0 Å². The summed E-state index contributed by atoms with van der Waals surface area (Å²) < 4.78 is 18.5. The third kappa shape index (κ3) is 3.41. The summed E-state index contributed by atoms with van der Waals surface area (Å²) in [7, 11) is 3.35. The van der Waals surface area contributed by atoms with E-state index in [1.807, 2.05) is 7.05 Å². The minimum atomic E-state index is -0.423. The molecule has 1 aliphatic heterocycles. The largest absolute Gasteiger partial charge is 0.496 e. The molecular formula is C14H20ClFN2O2. The Bertz CT molecular complexity index is 470. The molecule has 1 aromatic carbocycles. The molecule has 0 aromatic heterocycles. The Morgan fingerprint density at radius 2 is 2.30 bits per heavy atom. The highest BCUT2D eigenvalue weighted by Gasteiger charge is 2.30. The Labute approximate surface area is 124 Å². The van der Waals surface area contributed by atoms with Crippen LogP contribution in [0.15, 0.2) is 18.2 Å². The van der Waals surface area contributed by atoms with Crippen LogP contribution >= 0.6 is 12.4 Å². The Kier molecular flexibility index (Phi) is 6.23. The fourth-order valence-electron chi connectivity index (χ4n) is 2.55. The zero-order valence-electron chi connectivity index (χ0n) is 11.7. The topological polar surface area (TPSA) is 41.6 Å². The number of carbonyl (C=O) groups is 1. The van der Waals surface area contributed by atoms with Crippen molar-refractivity contribution in [3.63, 3.8) is 0 Å². The van der Waals surface area contributed by atoms with Crippen LogP contribution < -0.4 is 10.1 Å². The van der Waals surface area contributed by atoms with Crippen molar-refractivity contribution in [3.8, 4) is 5.75 Å². The van der Waals surface area contributed by atoms with Gasteiger partial charge < -0.3 is 15.0 Å². The van der Waals surface area contributed by atoms with E-state index >= 15 is 0 Å². The summed E-state index contributed by atoms with van der Waals surface area (Å²) in [5.41, 5.74) is 0.297. The number of nitrogens with zero attached hydrogens (tertiary/aromatic N) is 1. The van der Waals surface area contributed by atoms with E-state index in [0.717, 1.165) is 19.4 Å². The first kappa shape index (κ1) is 16.7. The second-order valence-electron chi connectivity index (χ2n) is 4.70. The molecule has 0 radical (unpaired) electrons. The van der Waals surface area contributed by atoms with Gasteiger partial charge in [0.25, 0.3) is 5.91 Å². The van der Waals surface area contributed by atoms with E-state index in [2.05, 4.69) is 5.32 Å². The second-order valence-corrected chi connectivity index (χ2v) is 4.70. The van der Waals surface area contributed by atoms with Gasteiger partial charge in [-0.05, 0) is 38.1 Å². The van der Waals surface area contributed by atoms with Crippen LogP contribution in [0, 0.1) is 5.82 Å². The molecular weight excluding hydrogens is 283 g/mol. The maximum atomic E-state index is 13.3. The van der Waals surface area contributed by atoms with E-state index in [1.165, 1.54) is 25.3 Å². The van der Waals surface area contributed by atoms with E-state index in [9.17, 15) is 9.18 Å². The zero-order chi connectivity index (χ0) is 13.8. The molecule has 1 aromatic rings. The number of methoxy groups -OCH3 is 1. The van der Waals surface area contributed by atoms with Gasteiger partial charge in [-0.1, -0.05) is 0 Å². The van der Waals surface area contributed by atoms with Gasteiger partial charge in [0.15, 0.2) is 0 Å². The van der Waals surface area contributed by atoms with Gasteiger partial charge in [-0.2, -0.15) is 0 Å². The molecule has 1 amide bonds. The van der Waals surface area contributed by atoms with Crippen molar-refractivity contribution in [2.45, 2.75) is 18.9 Å². The fourth-order valence-corrected chi connectivity index (χ4v) is 2.55. The summed E-state index contributed by atoms with van der Waals surface area (Å²) in [5, 5.41) is 3.09. The monoisotopic (exact) mass is 302 g/mol. The van der Waals surface area contributed by atoms with Gasteiger partial charge in [-0.3, -0.25) is 4.79 Å². The number of hydrogen-bond donors (Lipinski definition) is 1. The molecule has 2 rings (SSSR count). The normalized spacial score (nSPS) is 17.8. The minimum absolute atomic E-state index is 0. The Morgan fingerprint density at radius 1 is 1.55 bits per heavy atom. The first-order chi connectivity index (χ1) is 9.17. The standard InChI is InChI=1S/C14H19FN2O2.ClH/c1-16-9-11-4-3-7-17(11)14(18)12-8-10(15)5-6-13(12)19-2;/h5-6,8,11,16H,3-4,7,9H2,1-2H3;1H. The molecule has 1 atom stereocenters. The average Bonchev–Trinajstić information content (AvgIpc) is 2.86. The first-order valence-corrected chi connectivity index (χ1v) is 6.46. The number of ether oxygens (including phenoxy) is 1. The van der Waals surface area contributed by atoms with Crippen LogP contribution in [-0.2, 0) is 0 Å². The molecule has 0 bridgehead atoms. The van der Waals surface area contributed by atoms with Crippen molar-refractivity contribution in [1.29, 1.82) is 0 Å². The Hall–Kier alpha value is -1.33. The third-order valence-corrected chi connectivity index (χ3v) is 3.47. The lowest BCUT2D eigenvalue weighted by Crippen LogP contribution is -2.41. The van der Waals surface area contributed by atoms with Gasteiger partial charge in [0.2, 0.25) is 0 Å². The smallest absolute Gasteiger partial charge is 0.258 e. The molecule has 1 saturated heterocycles. The molecule has 20 heavy (non-hydrogen) atoms. The molecule has 6 heteroatoms. The third-order valence-electron chi connectivity index (χ3n) is 3.47. The summed E-state index contributed by atoms with van der Waals surface area (Å²) in [6.45, 7) is 1.47. The summed E-state index contributed by atoms with van der Waals surface area (Å²) in [5.74, 6) is -0.163. The van der Waals surface area contributed by atoms with Crippen molar-refractivity contribution in [1.82, 2.24) is 10.2 Å². The Morgan fingerprint density at radius 3 is 2.95 bits per heavy atom. The fraction of sp³-hybridized carbons (Fsp3) is 0.500. The number of nitrogens with one attached hydrogen (secondary N) is 1. The molecule has 0 spiro atoms. The van der Waals surface area contributed by atoms with Gasteiger partial charge in [0.05, 0.1) is 12.7 Å². The van der Waals surface area contributed by atoms with Gasteiger partial charge in [-0.25, -0.2) is 4.39 Å². The van der Waals surface area contributed by atoms with Crippen LogP contribution in [0.4, 0.5) is 4.39 Å². The van der Waals surface area contributed by atoms with E-state index in [1.54, 1.807) is 4.90 Å². The summed E-state index contributed by atoms with van der Waals surface area (Å²) in [6, 6.07) is 4.21. The molecule has 1 unspecified atom stereocenters. The number of carbonyl (C=O) groups excluding carboxylic acids is 1. The highest BCUT2D eigenvalue weighted by atomic mass is 35.5. The maximum absolute atomic E-state index is 13.3. The molecule has 4 nitrogen and oxygen atoms in total. The van der Waals surface area contributed by atoms with E-state index < -0.39 is 5.82 Å². The average molecular weight is 303 g/mol. The van der Waals surface area contributed by atoms with Gasteiger partial charge in [-0.15, -0.1) is 12.4 Å². The SMILES string of the molecule is CNCC1CCCN1C(=O)c1cc(F)ccc1OC.Cl. The van der Waals surface area contributed by atoms with E-state index in [-0.39, 0.29) is 24.4 Å². The molecule has 112 valence electrons. The summed E-state index contributed by atoms with van der Waals surface area (Å²) in [4.78, 5) is 14.3. The molecule has 1 N–H and O–H groups in total. The number of halogens is 2. The lowest BCUT2D eigenvalue weighted by Gasteiger charge is -2.25. The Balaban J connectivity index is 0.00000200. The van der Waals surface area contributed by atoms with Crippen molar-refractivity contribution in [2.75, 3.05) is 27.2 Å². The van der Waals surface area contributed by atoms with E-state index in [0.29, 0.717) is 17.9 Å². The van der Waals surface area contributed by atoms with Crippen molar-refractivity contribution in [3.05, 3.63) is 29.6 Å². The van der Waals surface area contributed by atoms with Crippen LogP contribution in [0.25, 0.3) is 0 Å². The number of likely N-dealkylation sites (N-methyl/N-ethyl adjacent to an activating group) is 1. The minimum Gasteiger partial charge on any atom is -0.496 e. The number of rotatable bonds is 4. The molecule has 0 aliphatic carbocycles. The number of benzene rings is 1. The molecule has 1 heterocycles. The summed E-state index contributed by atoms with van der Waals surface area (Å²) >= 11 is 0. The van der Waals surface area contributed by atoms with Crippen LogP contribution in [0.5, 0.6) is 5.75 Å². The first-order valence-electron chi connectivity index (χ1n) is 6.46. The van der Waals surface area contributed by atoms with Crippen molar-refractivity contribution >= 4 is 18.3 Å². The van der Waals surface area contributed by atoms with E-state index in [4.69, 9.17) is 4.74 Å². The zero-order valence-corrected chi connectivity index (χ0v) is 12.5. The maximum Gasteiger partial charge on any atom is 0.258 e. The molecule has 1 fully saturated rings. The van der Waals surface area contributed by atoms with Gasteiger partial charge in [0.1, 0.15) is 11.6 Å². The quantitative estimate of drug-likeness (QED) is 0.926. The van der Waals surface area contributed by atoms with Crippen molar-refractivity contribution < 1.29 is 13.9 Å². The van der Waals surface area contributed by atoms with Gasteiger partial charge in [0, 0.05) is 19.1 Å². The van der Waals surface area contributed by atoms with Crippen LogP contribution in [0.3, 0.4) is 0 Å². The van der Waals surface area contributed by atoms with Crippen molar-refractivity contribution in [2.24, 2.45) is 0 Å². The number of amides is 1. The summed E-state index contributed by atoms with van der Waals surface area (Å²) in [6.07, 6.45) is 1.96. The molecule has 1 aliphatic rings. The number of hydrogen-bond acceptors (Lipinski definition) is 3. The van der Waals surface area contributed by atoms with Crippen LogP contribution in [0.1, 0.15) is 23.2 Å². The van der Waals surface area contributed by atoms with Gasteiger partial charge >= 0.3 is 0 Å². The predicted molar refractivity (Wildman–Crippen MR) is 78.2 cm³/mol. The number of likely N-dealkylation sites (tertiary alicyclic amines) is 1. The lowest BCUT2D eigenvalue weighted by molar-refractivity contribution is 0.0733. The highest BCUT2D eigenvalue weighted by molar-refractivity contribution is 5.97. The lowest BCUT2D eigenvalue weighted by atomic mass is 10.1. The highest BCUT2D eigenvalue weighted by Crippen LogP contribution is 2.25. The predicted octanol–water partition coefficient (Wildman–Crippen LogP) is 2.08.